The Bertz CT molecular complexity index is 770. The van der Waals surface area contributed by atoms with Gasteiger partial charge in [-0.3, -0.25) is 9.59 Å². The zero-order valence-corrected chi connectivity index (χ0v) is 14.2. The molecule has 0 saturated heterocycles. The molecule has 0 atom stereocenters. The summed E-state index contributed by atoms with van der Waals surface area (Å²) in [6, 6.07) is 9.61. The van der Waals surface area contributed by atoms with Gasteiger partial charge in [0, 0.05) is 23.9 Å². The third-order valence-electron chi connectivity index (χ3n) is 3.61. The minimum atomic E-state index is -0.242. The van der Waals surface area contributed by atoms with Crippen molar-refractivity contribution in [1.29, 1.82) is 0 Å². The van der Waals surface area contributed by atoms with Crippen LogP contribution in [-0.4, -0.2) is 27.5 Å². The molecule has 1 N–H and O–H groups in total. The van der Waals surface area contributed by atoms with E-state index < -0.39 is 0 Å². The summed E-state index contributed by atoms with van der Waals surface area (Å²) in [7, 11) is 0. The third kappa shape index (κ3) is 4.05. The summed E-state index contributed by atoms with van der Waals surface area (Å²) in [5, 5.41) is 11.2. The van der Waals surface area contributed by atoms with Crippen molar-refractivity contribution in [3.05, 3.63) is 52.0 Å². The third-order valence-corrected chi connectivity index (χ3v) is 4.58. The molecule has 1 aliphatic heterocycles. The number of rotatable bonds is 5. The van der Waals surface area contributed by atoms with Crippen molar-refractivity contribution >= 4 is 28.9 Å². The van der Waals surface area contributed by atoms with Gasteiger partial charge in [-0.25, -0.2) is 9.99 Å². The topological polar surface area (TPSA) is 74.7 Å². The van der Waals surface area contributed by atoms with Gasteiger partial charge in [-0.05, 0) is 12.5 Å². The van der Waals surface area contributed by atoms with Crippen LogP contribution in [0.5, 0.6) is 0 Å². The van der Waals surface area contributed by atoms with Gasteiger partial charge in [0.1, 0.15) is 10.7 Å². The smallest absolute Gasteiger partial charge is 0.267 e. The predicted octanol–water partition coefficient (Wildman–Crippen LogP) is 2.25. The monoisotopic (exact) mass is 342 g/mol. The lowest BCUT2D eigenvalue weighted by Gasteiger charge is -2.23. The summed E-state index contributed by atoms with van der Waals surface area (Å²) in [6.07, 6.45) is 0.669. The van der Waals surface area contributed by atoms with Gasteiger partial charge in [0.25, 0.3) is 5.91 Å². The Morgan fingerprint density at radius 2 is 2.08 bits per heavy atom. The van der Waals surface area contributed by atoms with Gasteiger partial charge >= 0.3 is 0 Å². The molecule has 0 radical (unpaired) electrons. The minimum absolute atomic E-state index is 0.0639. The predicted molar refractivity (Wildman–Crippen MR) is 92.4 cm³/mol. The normalized spacial score (nSPS) is 14.5. The molecule has 124 valence electrons. The number of carbonyl (C=O) groups is 2. The van der Waals surface area contributed by atoms with Crippen LogP contribution < -0.4 is 5.32 Å². The highest BCUT2D eigenvalue weighted by molar-refractivity contribution is 7.09. The van der Waals surface area contributed by atoms with Crippen molar-refractivity contribution in [3.8, 4) is 0 Å². The molecule has 6 nitrogen and oxygen atoms in total. The van der Waals surface area contributed by atoms with Crippen LogP contribution in [0.25, 0.3) is 0 Å². The van der Waals surface area contributed by atoms with Crippen LogP contribution in [0.1, 0.15) is 29.1 Å². The lowest BCUT2D eigenvalue weighted by molar-refractivity contribution is -0.132. The molecule has 7 heteroatoms. The first-order valence-corrected chi connectivity index (χ1v) is 8.61. The number of aromatic nitrogens is 1. The molecule has 3 rings (SSSR count). The molecule has 0 spiro atoms. The summed E-state index contributed by atoms with van der Waals surface area (Å²) in [4.78, 5) is 28.6. The summed E-state index contributed by atoms with van der Waals surface area (Å²) in [5.41, 5.74) is 2.31. The number of hydrogen-bond acceptors (Lipinski definition) is 5. The Hall–Kier alpha value is -2.54. The number of nitrogens with one attached hydrogen (secondary N) is 1. The first-order chi connectivity index (χ1) is 11.6. The fourth-order valence-electron chi connectivity index (χ4n) is 2.39. The van der Waals surface area contributed by atoms with Crippen LogP contribution in [0.3, 0.4) is 0 Å². The number of nitrogens with zero attached hydrogens (tertiary/aromatic N) is 3. The molecular formula is C17H18N4O2S. The number of carbonyl (C=O) groups excluding carboxylic acids is 2. The van der Waals surface area contributed by atoms with Crippen molar-refractivity contribution < 1.29 is 9.59 Å². The maximum Gasteiger partial charge on any atom is 0.267 e. The summed E-state index contributed by atoms with van der Waals surface area (Å²) in [5.74, 6) is -0.306. The van der Waals surface area contributed by atoms with Gasteiger partial charge in [0.2, 0.25) is 5.91 Å². The highest BCUT2D eigenvalue weighted by atomic mass is 32.1. The molecule has 2 heterocycles. The summed E-state index contributed by atoms with van der Waals surface area (Å²) >= 11 is 1.51. The first kappa shape index (κ1) is 16.3. The van der Waals surface area contributed by atoms with E-state index in [0.717, 1.165) is 16.3 Å². The Morgan fingerprint density at radius 3 is 2.79 bits per heavy atom. The number of thiazole rings is 1. The van der Waals surface area contributed by atoms with Gasteiger partial charge in [0.15, 0.2) is 0 Å². The fraction of sp³-hybridized carbons (Fsp3) is 0.294. The molecule has 2 aromatic rings. The lowest BCUT2D eigenvalue weighted by atomic mass is 10.1. The molecule has 0 fully saturated rings. The summed E-state index contributed by atoms with van der Waals surface area (Å²) < 4.78 is 0. The maximum absolute atomic E-state index is 12.3. The Morgan fingerprint density at radius 1 is 1.29 bits per heavy atom. The van der Waals surface area contributed by atoms with Crippen LogP contribution in [0.15, 0.2) is 40.8 Å². The second-order valence-electron chi connectivity index (χ2n) is 5.55. The number of hydrazone groups is 1. The number of hydrogen-bond donors (Lipinski definition) is 1. The first-order valence-electron chi connectivity index (χ1n) is 7.73. The zero-order valence-electron chi connectivity index (χ0n) is 13.4. The highest BCUT2D eigenvalue weighted by Crippen LogP contribution is 2.14. The van der Waals surface area contributed by atoms with Crippen molar-refractivity contribution in [2.45, 2.75) is 32.9 Å². The van der Waals surface area contributed by atoms with Crippen LogP contribution in [0.4, 0.5) is 0 Å². The van der Waals surface area contributed by atoms with Crippen molar-refractivity contribution in [2.24, 2.45) is 5.10 Å². The number of amides is 2. The second kappa shape index (κ2) is 7.35. The van der Waals surface area contributed by atoms with E-state index >= 15 is 0 Å². The Labute approximate surface area is 144 Å². The van der Waals surface area contributed by atoms with E-state index in [0.29, 0.717) is 31.6 Å². The van der Waals surface area contributed by atoms with E-state index in [1.54, 1.807) is 0 Å². The quantitative estimate of drug-likeness (QED) is 0.905. The van der Waals surface area contributed by atoms with E-state index in [9.17, 15) is 9.59 Å². The van der Waals surface area contributed by atoms with E-state index in [1.807, 2.05) is 42.6 Å². The average Bonchev–Trinajstić information content (AvgIpc) is 3.01. The van der Waals surface area contributed by atoms with Gasteiger partial charge in [-0.1, -0.05) is 30.3 Å². The van der Waals surface area contributed by atoms with Crippen molar-refractivity contribution in [2.75, 3.05) is 0 Å². The Kier molecular flexibility index (Phi) is 5.00. The molecular weight excluding hydrogens is 324 g/mol. The highest BCUT2D eigenvalue weighted by Gasteiger charge is 2.24. The lowest BCUT2D eigenvalue weighted by Crippen LogP contribution is -2.38. The van der Waals surface area contributed by atoms with Crippen LogP contribution >= 0.6 is 11.3 Å². The zero-order chi connectivity index (χ0) is 16.9. The maximum atomic E-state index is 12.3. The molecule has 0 bridgehead atoms. The number of aryl methyl sites for hydroxylation is 1. The van der Waals surface area contributed by atoms with Gasteiger partial charge < -0.3 is 5.32 Å². The van der Waals surface area contributed by atoms with E-state index in [2.05, 4.69) is 15.4 Å². The molecule has 2 amide bonds. The van der Waals surface area contributed by atoms with Crippen LogP contribution in [-0.2, 0) is 22.7 Å². The molecule has 24 heavy (non-hydrogen) atoms. The van der Waals surface area contributed by atoms with Gasteiger partial charge in [-0.15, -0.1) is 11.3 Å². The van der Waals surface area contributed by atoms with Gasteiger partial charge in [-0.2, -0.15) is 5.10 Å². The van der Waals surface area contributed by atoms with E-state index in [-0.39, 0.29) is 11.8 Å². The molecule has 1 aromatic carbocycles. The molecule has 0 unspecified atom stereocenters. The van der Waals surface area contributed by atoms with Gasteiger partial charge in [0.05, 0.1) is 13.1 Å². The summed E-state index contributed by atoms with van der Waals surface area (Å²) in [6.45, 7) is 2.67. The molecule has 1 aromatic heterocycles. The standard InChI is InChI=1S/C17H18N4O2S/c1-12-11-24-15(19-12)9-18-17(23)14-7-8-16(22)21(20-14)10-13-5-3-2-4-6-13/h2-6,11H,7-10H2,1H3,(H,18,23). The van der Waals surface area contributed by atoms with Crippen LogP contribution in [0, 0.1) is 6.92 Å². The van der Waals surface area contributed by atoms with Crippen LogP contribution in [0.2, 0.25) is 0 Å². The largest absolute Gasteiger partial charge is 0.344 e. The SMILES string of the molecule is Cc1csc(CNC(=O)C2=NN(Cc3ccccc3)C(=O)CC2)n1. The van der Waals surface area contributed by atoms with Crippen molar-refractivity contribution in [3.63, 3.8) is 0 Å². The molecule has 1 aliphatic rings. The Balaban J connectivity index is 1.64. The van der Waals surface area contributed by atoms with Crippen molar-refractivity contribution in [1.82, 2.24) is 15.3 Å². The minimum Gasteiger partial charge on any atom is -0.344 e. The fourth-order valence-corrected chi connectivity index (χ4v) is 3.10. The number of benzene rings is 1. The second-order valence-corrected chi connectivity index (χ2v) is 6.49. The van der Waals surface area contributed by atoms with E-state index in [1.165, 1.54) is 16.3 Å². The average molecular weight is 342 g/mol. The molecule has 0 aliphatic carbocycles. The van der Waals surface area contributed by atoms with E-state index in [4.69, 9.17) is 0 Å². The molecule has 0 saturated carbocycles.